The van der Waals surface area contributed by atoms with Crippen molar-refractivity contribution in [2.45, 2.75) is 12.5 Å². The highest BCUT2D eigenvalue weighted by Crippen LogP contribution is 2.11. The average molecular weight is 276 g/mol. The van der Waals surface area contributed by atoms with E-state index in [1.807, 2.05) is 0 Å². The summed E-state index contributed by atoms with van der Waals surface area (Å²) in [5.74, 6) is 0.724. The van der Waals surface area contributed by atoms with Gasteiger partial charge in [0, 0.05) is 26.1 Å². The van der Waals surface area contributed by atoms with Gasteiger partial charge in [-0.15, -0.1) is 11.6 Å². The minimum atomic E-state index is -0.263. The second kappa shape index (κ2) is 7.23. The van der Waals surface area contributed by atoms with E-state index in [1.54, 1.807) is 20.2 Å². The van der Waals surface area contributed by atoms with Crippen LogP contribution in [0.5, 0.6) is 5.88 Å². The predicted molar refractivity (Wildman–Crippen MR) is 68.2 cm³/mol. The molecule has 0 radical (unpaired) electrons. The smallest absolute Gasteiger partial charge is 0.272 e. The second-order valence-electron chi connectivity index (χ2n) is 3.80. The quantitative estimate of drug-likeness (QED) is 0.748. The van der Waals surface area contributed by atoms with Gasteiger partial charge in [0.2, 0.25) is 5.88 Å². The molecule has 6 nitrogen and oxygen atoms in total. The summed E-state index contributed by atoms with van der Waals surface area (Å²) in [6.45, 7) is 0.419. The van der Waals surface area contributed by atoms with E-state index in [-0.39, 0.29) is 11.9 Å². The molecule has 7 heteroatoms. The molecule has 0 fully saturated rings. The molecule has 0 bridgehead atoms. The molecule has 0 saturated heterocycles. The van der Waals surface area contributed by atoms with Crippen LogP contribution in [0.15, 0.2) is 6.07 Å². The normalized spacial score (nSPS) is 12.2. The van der Waals surface area contributed by atoms with Gasteiger partial charge in [0.1, 0.15) is 0 Å². The number of aryl methyl sites for hydroxylation is 1. The highest BCUT2D eigenvalue weighted by Gasteiger charge is 2.17. The van der Waals surface area contributed by atoms with Crippen LogP contribution in [0.1, 0.15) is 16.9 Å². The number of carbonyl (C=O) groups is 1. The lowest BCUT2D eigenvalue weighted by atomic mass is 10.2. The zero-order valence-electron chi connectivity index (χ0n) is 10.8. The summed E-state index contributed by atoms with van der Waals surface area (Å²) < 4.78 is 11.6. The third kappa shape index (κ3) is 3.89. The molecular weight excluding hydrogens is 258 g/mol. The van der Waals surface area contributed by atoms with Crippen LogP contribution < -0.4 is 10.1 Å². The first kappa shape index (κ1) is 14.8. The van der Waals surface area contributed by atoms with Crippen LogP contribution in [0.2, 0.25) is 0 Å². The number of carbonyl (C=O) groups excluding carboxylic acids is 1. The molecule has 1 atom stereocenters. The zero-order chi connectivity index (χ0) is 13.5. The molecule has 1 amide bonds. The van der Waals surface area contributed by atoms with Gasteiger partial charge in [0.25, 0.3) is 5.91 Å². The molecule has 1 unspecified atom stereocenters. The zero-order valence-corrected chi connectivity index (χ0v) is 11.5. The fraction of sp³-hybridized carbons (Fsp3) is 0.636. The molecule has 0 aromatic carbocycles. The van der Waals surface area contributed by atoms with Crippen molar-refractivity contribution in [3.8, 4) is 5.88 Å². The Labute approximate surface area is 111 Å². The van der Waals surface area contributed by atoms with Gasteiger partial charge < -0.3 is 14.8 Å². The van der Waals surface area contributed by atoms with Gasteiger partial charge in [0.05, 0.1) is 19.8 Å². The molecule has 1 rings (SSSR count). The van der Waals surface area contributed by atoms with Crippen LogP contribution in [-0.4, -0.2) is 48.4 Å². The summed E-state index contributed by atoms with van der Waals surface area (Å²) in [5, 5.41) is 6.88. The molecule has 102 valence electrons. The van der Waals surface area contributed by atoms with Crippen LogP contribution >= 0.6 is 11.6 Å². The molecule has 0 aliphatic rings. The SMILES string of the molecule is COCC(CCCl)NC(=O)c1cc(OC)n(C)n1. The Bertz CT molecular complexity index is 389. The number of hydrogen-bond donors (Lipinski definition) is 1. The Morgan fingerprint density at radius 3 is 2.83 bits per heavy atom. The monoisotopic (exact) mass is 275 g/mol. The first-order valence-electron chi connectivity index (χ1n) is 5.56. The van der Waals surface area contributed by atoms with Crippen LogP contribution in [-0.2, 0) is 11.8 Å². The topological polar surface area (TPSA) is 65.4 Å². The fourth-order valence-corrected chi connectivity index (χ4v) is 1.80. The van der Waals surface area contributed by atoms with Crippen LogP contribution in [0, 0.1) is 0 Å². The van der Waals surface area contributed by atoms with Gasteiger partial charge in [-0.3, -0.25) is 4.79 Å². The number of ether oxygens (including phenoxy) is 2. The maximum atomic E-state index is 11.9. The van der Waals surface area contributed by atoms with Crippen molar-refractivity contribution in [2.75, 3.05) is 26.7 Å². The van der Waals surface area contributed by atoms with Crippen molar-refractivity contribution >= 4 is 17.5 Å². The Kier molecular flexibility index (Phi) is 5.94. The summed E-state index contributed by atoms with van der Waals surface area (Å²) in [5.41, 5.74) is 0.310. The summed E-state index contributed by atoms with van der Waals surface area (Å²) in [4.78, 5) is 11.9. The third-order valence-corrected chi connectivity index (χ3v) is 2.66. The Balaban J connectivity index is 2.67. The molecule has 1 aromatic rings. The molecular formula is C11H18ClN3O3. The second-order valence-corrected chi connectivity index (χ2v) is 4.18. The molecule has 0 aliphatic carbocycles. The van der Waals surface area contributed by atoms with Crippen LogP contribution in [0.3, 0.4) is 0 Å². The van der Waals surface area contributed by atoms with E-state index in [1.165, 1.54) is 11.8 Å². The molecule has 0 saturated carbocycles. The van der Waals surface area contributed by atoms with Gasteiger partial charge in [-0.25, -0.2) is 4.68 Å². The van der Waals surface area contributed by atoms with Crippen LogP contribution in [0.4, 0.5) is 0 Å². The lowest BCUT2D eigenvalue weighted by Gasteiger charge is -2.15. The highest BCUT2D eigenvalue weighted by molar-refractivity contribution is 6.17. The lowest BCUT2D eigenvalue weighted by molar-refractivity contribution is 0.0889. The van der Waals surface area contributed by atoms with Gasteiger partial charge >= 0.3 is 0 Å². The number of aromatic nitrogens is 2. The molecule has 1 aromatic heterocycles. The number of nitrogens with one attached hydrogen (secondary N) is 1. The molecule has 18 heavy (non-hydrogen) atoms. The van der Waals surface area contributed by atoms with Gasteiger partial charge in [0.15, 0.2) is 5.69 Å². The summed E-state index contributed by atoms with van der Waals surface area (Å²) >= 11 is 5.67. The number of amides is 1. The highest BCUT2D eigenvalue weighted by atomic mass is 35.5. The predicted octanol–water partition coefficient (Wildman–Crippen LogP) is 0.802. The minimum Gasteiger partial charge on any atom is -0.481 e. The molecule has 0 aliphatic heterocycles. The average Bonchev–Trinajstić information content (AvgIpc) is 2.71. The van der Waals surface area contributed by atoms with Gasteiger partial charge in [-0.05, 0) is 6.42 Å². The maximum Gasteiger partial charge on any atom is 0.272 e. The summed E-state index contributed by atoms with van der Waals surface area (Å²) in [6, 6.07) is 1.47. The van der Waals surface area contributed by atoms with Crippen molar-refractivity contribution in [2.24, 2.45) is 7.05 Å². The standard InChI is InChI=1S/C11H18ClN3O3/c1-15-10(18-3)6-9(14-15)11(16)13-8(4-5-12)7-17-2/h6,8H,4-5,7H2,1-3H3,(H,13,16). The van der Waals surface area contributed by atoms with E-state index in [2.05, 4.69) is 10.4 Å². The first-order chi connectivity index (χ1) is 8.62. The van der Waals surface area contributed by atoms with E-state index in [9.17, 15) is 4.79 Å². The van der Waals surface area contributed by atoms with E-state index < -0.39 is 0 Å². The molecule has 0 spiro atoms. The summed E-state index contributed by atoms with van der Waals surface area (Å²) in [6.07, 6.45) is 0.644. The van der Waals surface area contributed by atoms with Gasteiger partial charge in [-0.2, -0.15) is 5.10 Å². The first-order valence-corrected chi connectivity index (χ1v) is 6.09. The number of rotatable bonds is 7. The van der Waals surface area contributed by atoms with E-state index in [0.29, 0.717) is 30.5 Å². The van der Waals surface area contributed by atoms with Gasteiger partial charge in [-0.1, -0.05) is 0 Å². The van der Waals surface area contributed by atoms with Crippen molar-refractivity contribution in [1.82, 2.24) is 15.1 Å². The number of hydrogen-bond acceptors (Lipinski definition) is 4. The van der Waals surface area contributed by atoms with Crippen molar-refractivity contribution in [3.05, 3.63) is 11.8 Å². The molecule has 1 heterocycles. The Hall–Kier alpha value is -1.27. The largest absolute Gasteiger partial charge is 0.481 e. The minimum absolute atomic E-state index is 0.118. The summed E-state index contributed by atoms with van der Waals surface area (Å²) in [7, 11) is 4.82. The number of alkyl halides is 1. The Morgan fingerprint density at radius 1 is 1.61 bits per heavy atom. The van der Waals surface area contributed by atoms with Crippen LogP contribution in [0.25, 0.3) is 0 Å². The van der Waals surface area contributed by atoms with E-state index in [0.717, 1.165) is 0 Å². The third-order valence-electron chi connectivity index (χ3n) is 2.44. The van der Waals surface area contributed by atoms with E-state index >= 15 is 0 Å². The van der Waals surface area contributed by atoms with Crippen molar-refractivity contribution < 1.29 is 14.3 Å². The van der Waals surface area contributed by atoms with E-state index in [4.69, 9.17) is 21.1 Å². The van der Waals surface area contributed by atoms with Crippen molar-refractivity contribution in [1.29, 1.82) is 0 Å². The van der Waals surface area contributed by atoms with Crippen molar-refractivity contribution in [3.63, 3.8) is 0 Å². The number of halogens is 1. The number of nitrogens with zero attached hydrogens (tertiary/aromatic N) is 2. The lowest BCUT2D eigenvalue weighted by Crippen LogP contribution is -2.38. The Morgan fingerprint density at radius 2 is 2.33 bits per heavy atom. The fourth-order valence-electron chi connectivity index (χ4n) is 1.54. The number of methoxy groups -OCH3 is 2. The maximum absolute atomic E-state index is 11.9. The molecule has 1 N–H and O–H groups in total.